The van der Waals surface area contributed by atoms with Gasteiger partial charge in [-0.3, -0.25) is 0 Å². The molecule has 2 N–H and O–H groups in total. The van der Waals surface area contributed by atoms with Crippen LogP contribution in [0.25, 0.3) is 0 Å². The average molecular weight is 302 g/mol. The molecule has 0 aliphatic rings. The lowest BCUT2D eigenvalue weighted by atomic mass is 10.3. The van der Waals surface area contributed by atoms with E-state index in [9.17, 15) is 17.6 Å². The van der Waals surface area contributed by atoms with Crippen LogP contribution in [0, 0.1) is 5.82 Å². The zero-order valence-electron chi connectivity index (χ0n) is 7.89. The van der Waals surface area contributed by atoms with Crippen LogP contribution in [0.3, 0.4) is 0 Å². The van der Waals surface area contributed by atoms with Gasteiger partial charge in [-0.2, -0.15) is 13.2 Å². The first-order valence-corrected chi connectivity index (χ1v) is 5.02. The highest BCUT2D eigenvalue weighted by atomic mass is 79.9. The lowest BCUT2D eigenvalue weighted by Gasteiger charge is -2.20. The molecule has 0 aliphatic heterocycles. The number of benzene rings is 1. The molecule has 0 saturated heterocycles. The highest BCUT2D eigenvalue weighted by molar-refractivity contribution is 9.10. The van der Waals surface area contributed by atoms with Crippen molar-refractivity contribution in [1.29, 1.82) is 0 Å². The zero-order valence-corrected chi connectivity index (χ0v) is 9.48. The first-order valence-electron chi connectivity index (χ1n) is 4.23. The second kappa shape index (κ2) is 5.01. The monoisotopic (exact) mass is 301 g/mol. The van der Waals surface area contributed by atoms with Crippen molar-refractivity contribution in [3.05, 3.63) is 28.5 Å². The van der Waals surface area contributed by atoms with Gasteiger partial charge >= 0.3 is 6.18 Å². The summed E-state index contributed by atoms with van der Waals surface area (Å²) in [6.07, 6.45) is -6.64. The second-order valence-corrected chi connectivity index (χ2v) is 3.81. The molecule has 0 saturated carbocycles. The molecule has 1 aromatic carbocycles. The molecule has 0 heterocycles. The second-order valence-electron chi connectivity index (χ2n) is 2.96. The fraction of sp³-hybridized carbons (Fsp3) is 0.333. The van der Waals surface area contributed by atoms with Crippen LogP contribution in [0.1, 0.15) is 0 Å². The van der Waals surface area contributed by atoms with E-state index in [-0.39, 0.29) is 10.2 Å². The van der Waals surface area contributed by atoms with Gasteiger partial charge in [-0.05, 0) is 34.1 Å². The Hall–Kier alpha value is -0.820. The maximum Gasteiger partial charge on any atom is 0.426 e. The number of hydrogen-bond donors (Lipinski definition) is 1. The van der Waals surface area contributed by atoms with Gasteiger partial charge in [-0.25, -0.2) is 4.39 Å². The molecule has 1 aromatic rings. The molecule has 1 atom stereocenters. The molecule has 0 fully saturated rings. The number of nitrogens with two attached hydrogens (primary N) is 1. The van der Waals surface area contributed by atoms with Crippen molar-refractivity contribution in [3.63, 3.8) is 0 Å². The molecule has 0 bridgehead atoms. The SMILES string of the molecule is NCC(Oc1ccc(F)c(Br)c1)C(F)(F)F. The van der Waals surface area contributed by atoms with Gasteiger partial charge in [0, 0.05) is 6.54 Å². The molecule has 16 heavy (non-hydrogen) atoms. The summed E-state index contributed by atoms with van der Waals surface area (Å²) in [5.74, 6) is -0.676. The molecule has 0 radical (unpaired) electrons. The summed E-state index contributed by atoms with van der Waals surface area (Å²) in [7, 11) is 0. The Bertz CT molecular complexity index is 369. The van der Waals surface area contributed by atoms with Crippen molar-refractivity contribution < 1.29 is 22.3 Å². The van der Waals surface area contributed by atoms with E-state index in [4.69, 9.17) is 5.73 Å². The van der Waals surface area contributed by atoms with Crippen LogP contribution >= 0.6 is 15.9 Å². The third-order valence-electron chi connectivity index (χ3n) is 1.75. The summed E-state index contributed by atoms with van der Waals surface area (Å²) in [6, 6.07) is 3.22. The van der Waals surface area contributed by atoms with E-state index < -0.39 is 24.6 Å². The molecular formula is C9H8BrF4NO. The Morgan fingerprint density at radius 1 is 1.38 bits per heavy atom. The lowest BCUT2D eigenvalue weighted by molar-refractivity contribution is -0.191. The normalized spacial score (nSPS) is 13.6. The largest absolute Gasteiger partial charge is 0.480 e. The van der Waals surface area contributed by atoms with E-state index in [1.54, 1.807) is 0 Å². The zero-order chi connectivity index (χ0) is 12.3. The minimum absolute atomic E-state index is 0.0305. The van der Waals surface area contributed by atoms with Crippen LogP contribution in [0.15, 0.2) is 22.7 Å². The first kappa shape index (κ1) is 13.2. The summed E-state index contributed by atoms with van der Waals surface area (Å²) >= 11 is 2.84. The molecule has 0 spiro atoms. The standard InChI is InChI=1S/C9H8BrF4NO/c10-6-3-5(1-2-7(6)11)16-8(4-15)9(12,13)14/h1-3,8H,4,15H2. The molecule has 2 nitrogen and oxygen atoms in total. The van der Waals surface area contributed by atoms with Crippen LogP contribution in [-0.2, 0) is 0 Å². The Kier molecular flexibility index (Phi) is 4.15. The summed E-state index contributed by atoms with van der Waals surface area (Å²) < 4.78 is 54.3. The number of halogens is 5. The van der Waals surface area contributed by atoms with E-state index in [0.29, 0.717) is 0 Å². The molecule has 0 aliphatic carbocycles. The van der Waals surface area contributed by atoms with Crippen molar-refractivity contribution in [2.75, 3.05) is 6.54 Å². The Labute approximate surface area is 97.5 Å². The molecular weight excluding hydrogens is 294 g/mol. The van der Waals surface area contributed by atoms with Crippen LogP contribution < -0.4 is 10.5 Å². The predicted molar refractivity (Wildman–Crippen MR) is 53.6 cm³/mol. The van der Waals surface area contributed by atoms with Gasteiger partial charge in [-0.15, -0.1) is 0 Å². The van der Waals surface area contributed by atoms with Gasteiger partial charge in [0.25, 0.3) is 0 Å². The summed E-state index contributed by atoms with van der Waals surface area (Å²) in [5, 5.41) is 0. The van der Waals surface area contributed by atoms with Gasteiger partial charge in [-0.1, -0.05) is 0 Å². The van der Waals surface area contributed by atoms with Crippen LogP contribution in [0.5, 0.6) is 5.75 Å². The van der Waals surface area contributed by atoms with Crippen molar-refractivity contribution >= 4 is 15.9 Å². The van der Waals surface area contributed by atoms with Crippen molar-refractivity contribution in [2.45, 2.75) is 12.3 Å². The Morgan fingerprint density at radius 3 is 2.44 bits per heavy atom. The highest BCUT2D eigenvalue weighted by Crippen LogP contribution is 2.27. The Balaban J connectivity index is 2.83. The molecule has 0 aromatic heterocycles. The predicted octanol–water partition coefficient (Wildman–Crippen LogP) is 2.86. The van der Waals surface area contributed by atoms with Gasteiger partial charge in [0.05, 0.1) is 4.47 Å². The average Bonchev–Trinajstić information content (AvgIpc) is 2.18. The summed E-state index contributed by atoms with van der Waals surface area (Å²) in [6.45, 7) is -0.696. The molecule has 1 rings (SSSR count). The minimum atomic E-state index is -4.55. The van der Waals surface area contributed by atoms with Gasteiger partial charge in [0.15, 0.2) is 0 Å². The van der Waals surface area contributed by atoms with Gasteiger partial charge in [0.1, 0.15) is 11.6 Å². The first-order chi connectivity index (χ1) is 7.34. The summed E-state index contributed by atoms with van der Waals surface area (Å²) in [5.41, 5.74) is 4.94. The smallest absolute Gasteiger partial charge is 0.426 e. The molecule has 0 amide bonds. The molecule has 90 valence electrons. The fourth-order valence-electron chi connectivity index (χ4n) is 0.963. The fourth-order valence-corrected chi connectivity index (χ4v) is 1.32. The number of alkyl halides is 3. The minimum Gasteiger partial charge on any atom is -0.480 e. The van der Waals surface area contributed by atoms with Crippen LogP contribution in [-0.4, -0.2) is 18.8 Å². The number of hydrogen-bond acceptors (Lipinski definition) is 2. The van der Waals surface area contributed by atoms with Crippen molar-refractivity contribution in [1.82, 2.24) is 0 Å². The van der Waals surface area contributed by atoms with Gasteiger partial charge < -0.3 is 10.5 Å². The topological polar surface area (TPSA) is 35.2 Å². The third-order valence-corrected chi connectivity index (χ3v) is 2.36. The van der Waals surface area contributed by atoms with Crippen LogP contribution in [0.2, 0.25) is 0 Å². The maximum absolute atomic E-state index is 12.8. The van der Waals surface area contributed by atoms with Crippen molar-refractivity contribution in [3.8, 4) is 5.75 Å². The van der Waals surface area contributed by atoms with E-state index in [2.05, 4.69) is 20.7 Å². The quantitative estimate of drug-likeness (QED) is 0.871. The van der Waals surface area contributed by atoms with E-state index >= 15 is 0 Å². The van der Waals surface area contributed by atoms with Gasteiger partial charge in [0.2, 0.25) is 6.10 Å². The Morgan fingerprint density at radius 2 is 2.00 bits per heavy atom. The molecule has 7 heteroatoms. The maximum atomic E-state index is 12.8. The van der Waals surface area contributed by atoms with Crippen molar-refractivity contribution in [2.24, 2.45) is 5.73 Å². The third kappa shape index (κ3) is 3.34. The summed E-state index contributed by atoms with van der Waals surface area (Å²) in [4.78, 5) is 0. The molecule has 1 unspecified atom stereocenters. The van der Waals surface area contributed by atoms with E-state index in [1.165, 1.54) is 0 Å². The number of ether oxygens (including phenoxy) is 1. The highest BCUT2D eigenvalue weighted by Gasteiger charge is 2.40. The lowest BCUT2D eigenvalue weighted by Crippen LogP contribution is -2.40. The van der Waals surface area contributed by atoms with Crippen LogP contribution in [0.4, 0.5) is 17.6 Å². The van der Waals surface area contributed by atoms with E-state index in [1.807, 2.05) is 0 Å². The number of rotatable bonds is 3. The van der Waals surface area contributed by atoms with E-state index in [0.717, 1.165) is 18.2 Å².